The Labute approximate surface area is 181 Å². The lowest BCUT2D eigenvalue weighted by molar-refractivity contribution is -0.135. The Morgan fingerprint density at radius 3 is 2.58 bits per heavy atom. The van der Waals surface area contributed by atoms with Gasteiger partial charge in [-0.15, -0.1) is 0 Å². The quantitative estimate of drug-likeness (QED) is 0.730. The lowest BCUT2D eigenvalue weighted by atomic mass is 9.74. The zero-order valence-electron chi connectivity index (χ0n) is 18.3. The maximum absolute atomic E-state index is 13.8. The van der Waals surface area contributed by atoms with Crippen molar-refractivity contribution in [3.8, 4) is 23.0 Å². The van der Waals surface area contributed by atoms with Gasteiger partial charge >= 0.3 is 0 Å². The van der Waals surface area contributed by atoms with Gasteiger partial charge in [-0.05, 0) is 38.5 Å². The Bertz CT molecular complexity index is 1050. The van der Waals surface area contributed by atoms with Crippen LogP contribution in [0.4, 0.5) is 0 Å². The molecule has 1 aromatic carbocycles. The standard InChI is InChI=1S/C24H26O7/c1-24(2)9-8-12-14(31-24)7-6-13-20(25)18-17(30-21(12)13)11-29-15-10-16(26-3)22(27-4)23(28-5)19(15)18/h7-10,13,17-18H,6,11H2,1-5H3. The van der Waals surface area contributed by atoms with E-state index in [4.69, 9.17) is 28.4 Å². The molecule has 0 saturated carbocycles. The number of allylic oxidation sites excluding steroid dienone is 3. The Kier molecular flexibility index (Phi) is 4.46. The molecule has 0 amide bonds. The lowest BCUT2D eigenvalue weighted by Crippen LogP contribution is -2.46. The molecular formula is C24H26O7. The van der Waals surface area contributed by atoms with Crippen molar-refractivity contribution in [1.82, 2.24) is 0 Å². The molecule has 1 saturated heterocycles. The number of carbonyl (C=O) groups is 1. The number of methoxy groups -OCH3 is 3. The van der Waals surface area contributed by atoms with Gasteiger partial charge < -0.3 is 28.4 Å². The maximum Gasteiger partial charge on any atom is 0.203 e. The third kappa shape index (κ3) is 2.90. The van der Waals surface area contributed by atoms with E-state index in [2.05, 4.69) is 0 Å². The molecule has 0 radical (unpaired) electrons. The molecule has 0 bridgehead atoms. The summed E-state index contributed by atoms with van der Waals surface area (Å²) < 4.78 is 35.1. The highest BCUT2D eigenvalue weighted by atomic mass is 16.6. The molecule has 0 N–H and O–H groups in total. The van der Waals surface area contributed by atoms with E-state index in [0.717, 1.165) is 11.3 Å². The highest BCUT2D eigenvalue weighted by Crippen LogP contribution is 2.54. The first-order valence-electron chi connectivity index (χ1n) is 10.4. The highest BCUT2D eigenvalue weighted by Gasteiger charge is 2.51. The molecule has 7 heteroatoms. The van der Waals surface area contributed by atoms with E-state index in [9.17, 15) is 4.79 Å². The smallest absolute Gasteiger partial charge is 0.203 e. The van der Waals surface area contributed by atoms with Crippen LogP contribution in [0.3, 0.4) is 0 Å². The van der Waals surface area contributed by atoms with Crippen LogP contribution in [-0.4, -0.2) is 45.4 Å². The van der Waals surface area contributed by atoms with Gasteiger partial charge in [-0.25, -0.2) is 0 Å². The molecule has 4 aliphatic rings. The molecule has 5 rings (SSSR count). The molecule has 164 valence electrons. The number of benzene rings is 1. The average molecular weight is 426 g/mol. The Balaban J connectivity index is 1.61. The molecule has 3 aliphatic heterocycles. The number of hydrogen-bond acceptors (Lipinski definition) is 7. The van der Waals surface area contributed by atoms with Crippen molar-refractivity contribution >= 4 is 5.78 Å². The van der Waals surface area contributed by atoms with E-state index >= 15 is 0 Å². The van der Waals surface area contributed by atoms with Crippen LogP contribution in [0, 0.1) is 5.92 Å². The van der Waals surface area contributed by atoms with Gasteiger partial charge in [-0.2, -0.15) is 0 Å². The molecule has 1 fully saturated rings. The van der Waals surface area contributed by atoms with Crippen LogP contribution in [0.1, 0.15) is 31.7 Å². The summed E-state index contributed by atoms with van der Waals surface area (Å²) in [6, 6.07) is 1.74. The van der Waals surface area contributed by atoms with Crippen LogP contribution in [0.25, 0.3) is 0 Å². The normalized spacial score (nSPS) is 27.3. The van der Waals surface area contributed by atoms with Gasteiger partial charge in [0.1, 0.15) is 35.6 Å². The second kappa shape index (κ2) is 6.97. The Morgan fingerprint density at radius 1 is 1.10 bits per heavy atom. The zero-order chi connectivity index (χ0) is 21.9. The highest BCUT2D eigenvalue weighted by molar-refractivity contribution is 5.94. The molecule has 1 aliphatic carbocycles. The van der Waals surface area contributed by atoms with Crippen molar-refractivity contribution in [2.45, 2.75) is 37.9 Å². The number of carbonyl (C=O) groups excluding carboxylic acids is 1. The van der Waals surface area contributed by atoms with Crippen molar-refractivity contribution < 1.29 is 33.2 Å². The van der Waals surface area contributed by atoms with Crippen LogP contribution < -0.4 is 18.9 Å². The summed E-state index contributed by atoms with van der Waals surface area (Å²) in [5, 5.41) is 0. The van der Waals surface area contributed by atoms with Crippen molar-refractivity contribution in [2.75, 3.05) is 27.9 Å². The summed E-state index contributed by atoms with van der Waals surface area (Å²) in [4.78, 5) is 13.8. The number of ether oxygens (including phenoxy) is 6. The predicted octanol–water partition coefficient (Wildman–Crippen LogP) is 3.68. The van der Waals surface area contributed by atoms with Crippen molar-refractivity contribution in [3.05, 3.63) is 46.9 Å². The molecule has 0 aromatic heterocycles. The largest absolute Gasteiger partial charge is 0.493 e. The molecule has 1 aromatic rings. The fraction of sp³-hybridized carbons (Fsp3) is 0.458. The average Bonchev–Trinajstić information content (AvgIpc) is 2.76. The summed E-state index contributed by atoms with van der Waals surface area (Å²) >= 11 is 0. The first-order chi connectivity index (χ1) is 14.9. The van der Waals surface area contributed by atoms with E-state index in [0.29, 0.717) is 40.7 Å². The predicted molar refractivity (Wildman–Crippen MR) is 112 cm³/mol. The number of Topliss-reactive ketones (excluding diaryl/α,β-unsaturated/α-hetero) is 1. The second-order valence-corrected chi connectivity index (χ2v) is 8.58. The summed E-state index contributed by atoms with van der Waals surface area (Å²) in [5.41, 5.74) is 1.10. The van der Waals surface area contributed by atoms with Gasteiger partial charge in [-0.1, -0.05) is 0 Å². The van der Waals surface area contributed by atoms with Gasteiger partial charge in [0.15, 0.2) is 17.3 Å². The monoisotopic (exact) mass is 426 g/mol. The maximum atomic E-state index is 13.8. The summed E-state index contributed by atoms with van der Waals surface area (Å²) in [7, 11) is 4.64. The van der Waals surface area contributed by atoms with Crippen molar-refractivity contribution in [1.29, 1.82) is 0 Å². The minimum absolute atomic E-state index is 0.0855. The Hall–Kier alpha value is -3.09. The number of rotatable bonds is 3. The van der Waals surface area contributed by atoms with Crippen LogP contribution in [0.2, 0.25) is 0 Å². The van der Waals surface area contributed by atoms with Gasteiger partial charge in [0.05, 0.1) is 44.3 Å². The van der Waals surface area contributed by atoms with Gasteiger partial charge in [0.25, 0.3) is 0 Å². The molecule has 7 nitrogen and oxygen atoms in total. The first kappa shape index (κ1) is 19.8. The van der Waals surface area contributed by atoms with Gasteiger partial charge in [-0.3, -0.25) is 4.79 Å². The van der Waals surface area contributed by atoms with Gasteiger partial charge in [0.2, 0.25) is 5.75 Å². The molecule has 31 heavy (non-hydrogen) atoms. The van der Waals surface area contributed by atoms with Crippen LogP contribution in [-0.2, 0) is 14.3 Å². The van der Waals surface area contributed by atoms with Gasteiger partial charge in [0, 0.05) is 6.07 Å². The Morgan fingerprint density at radius 2 is 1.87 bits per heavy atom. The number of hydrogen-bond donors (Lipinski definition) is 0. The summed E-state index contributed by atoms with van der Waals surface area (Å²) in [6.07, 6.45) is 6.04. The third-order valence-corrected chi connectivity index (χ3v) is 6.26. The molecule has 3 unspecified atom stereocenters. The fourth-order valence-electron chi connectivity index (χ4n) is 4.84. The van der Waals surface area contributed by atoms with Crippen molar-refractivity contribution in [2.24, 2.45) is 5.92 Å². The second-order valence-electron chi connectivity index (χ2n) is 8.58. The number of fused-ring (bicyclic) bond motifs is 5. The van der Waals surface area contributed by atoms with E-state index < -0.39 is 12.0 Å². The van der Waals surface area contributed by atoms with Crippen LogP contribution >= 0.6 is 0 Å². The van der Waals surface area contributed by atoms with Crippen LogP contribution in [0.15, 0.2) is 41.4 Å². The van der Waals surface area contributed by atoms with Crippen molar-refractivity contribution in [3.63, 3.8) is 0 Å². The lowest BCUT2D eigenvalue weighted by Gasteiger charge is -2.43. The molecule has 0 spiro atoms. The third-order valence-electron chi connectivity index (χ3n) is 6.26. The summed E-state index contributed by atoms with van der Waals surface area (Å²) in [6.45, 7) is 4.25. The first-order valence-corrected chi connectivity index (χ1v) is 10.4. The van der Waals surface area contributed by atoms with E-state index in [-0.39, 0.29) is 23.9 Å². The van der Waals surface area contributed by atoms with E-state index in [1.807, 2.05) is 32.1 Å². The SMILES string of the molecule is COc1cc2c(c(OC)c1OC)C1C(=O)C3CC=C4OC(C)(C)C=CC4=C3OC1CO2. The van der Waals surface area contributed by atoms with E-state index in [1.54, 1.807) is 27.4 Å². The number of ketones is 1. The molecular weight excluding hydrogens is 400 g/mol. The topological polar surface area (TPSA) is 72.5 Å². The minimum atomic E-state index is -0.521. The zero-order valence-corrected chi connectivity index (χ0v) is 18.3. The molecule has 3 atom stereocenters. The summed E-state index contributed by atoms with van der Waals surface area (Å²) in [5.74, 6) is 2.54. The minimum Gasteiger partial charge on any atom is -0.493 e. The van der Waals surface area contributed by atoms with Crippen LogP contribution in [0.5, 0.6) is 23.0 Å². The molecule has 3 heterocycles. The fourth-order valence-corrected chi connectivity index (χ4v) is 4.84. The van der Waals surface area contributed by atoms with E-state index in [1.165, 1.54) is 0 Å².